The first-order valence-corrected chi connectivity index (χ1v) is 9.54. The van der Waals surface area contributed by atoms with Crippen LogP contribution in [0.5, 0.6) is 11.5 Å². The van der Waals surface area contributed by atoms with Crippen LogP contribution in [0.25, 0.3) is 6.08 Å². The third-order valence-corrected chi connectivity index (χ3v) is 5.20. The second kappa shape index (κ2) is 8.80. The molecule has 2 aromatic rings. The first-order chi connectivity index (χ1) is 13.6. The zero-order valence-electron chi connectivity index (χ0n) is 15.8. The molecule has 5 nitrogen and oxygen atoms in total. The van der Waals surface area contributed by atoms with Gasteiger partial charge in [-0.3, -0.25) is 14.5 Å². The Morgan fingerprint density at radius 1 is 1.11 bits per heavy atom. The summed E-state index contributed by atoms with van der Waals surface area (Å²) in [5.41, 5.74) is 2.57. The van der Waals surface area contributed by atoms with Gasteiger partial charge in [-0.2, -0.15) is 0 Å². The number of nitrogens with zero attached hydrogens (tertiary/aromatic N) is 1. The molecule has 3 rings (SSSR count). The van der Waals surface area contributed by atoms with Gasteiger partial charge in [-0.15, -0.1) is 6.58 Å². The Balaban J connectivity index is 1.91. The summed E-state index contributed by atoms with van der Waals surface area (Å²) < 4.78 is 10.9. The summed E-state index contributed by atoms with van der Waals surface area (Å²) in [6.45, 7) is 4.03. The van der Waals surface area contributed by atoms with Crippen LogP contribution in [0.2, 0.25) is 0 Å². The summed E-state index contributed by atoms with van der Waals surface area (Å²) in [4.78, 5) is 26.8. The molecule has 0 spiro atoms. The highest BCUT2D eigenvalue weighted by molar-refractivity contribution is 8.18. The first kappa shape index (κ1) is 19.8. The van der Waals surface area contributed by atoms with Gasteiger partial charge in [0, 0.05) is 5.56 Å². The van der Waals surface area contributed by atoms with E-state index in [1.165, 1.54) is 4.90 Å². The molecule has 0 bridgehead atoms. The van der Waals surface area contributed by atoms with Crippen molar-refractivity contribution in [2.24, 2.45) is 0 Å². The number of amides is 2. The molecule has 1 fully saturated rings. The summed E-state index contributed by atoms with van der Waals surface area (Å²) in [5, 5.41) is -0.271. The normalized spacial score (nSPS) is 15.2. The van der Waals surface area contributed by atoms with Gasteiger partial charge in [-0.25, -0.2) is 0 Å². The van der Waals surface area contributed by atoms with E-state index < -0.39 is 0 Å². The molecule has 1 heterocycles. The minimum absolute atomic E-state index is 0.260. The highest BCUT2D eigenvalue weighted by Gasteiger charge is 2.35. The quantitative estimate of drug-likeness (QED) is 0.504. The van der Waals surface area contributed by atoms with Gasteiger partial charge in [0.1, 0.15) is 0 Å². The lowest BCUT2D eigenvalue weighted by Gasteiger charge is -2.13. The van der Waals surface area contributed by atoms with Gasteiger partial charge in [0.05, 0.1) is 25.7 Å². The molecule has 0 aliphatic carbocycles. The van der Waals surface area contributed by atoms with E-state index in [2.05, 4.69) is 6.58 Å². The van der Waals surface area contributed by atoms with E-state index in [0.29, 0.717) is 22.8 Å². The summed E-state index contributed by atoms with van der Waals surface area (Å²) in [7, 11) is 3.14. The summed E-state index contributed by atoms with van der Waals surface area (Å²) in [6.07, 6.45) is 4.08. The zero-order chi connectivity index (χ0) is 20.1. The van der Waals surface area contributed by atoms with E-state index in [9.17, 15) is 9.59 Å². The molecule has 0 N–H and O–H groups in total. The van der Waals surface area contributed by atoms with E-state index in [-0.39, 0.29) is 17.7 Å². The van der Waals surface area contributed by atoms with E-state index in [4.69, 9.17) is 9.47 Å². The van der Waals surface area contributed by atoms with E-state index in [1.54, 1.807) is 32.4 Å². The molecule has 1 aliphatic rings. The second-order valence-corrected chi connectivity index (χ2v) is 7.15. The molecular formula is C22H21NO4S. The van der Waals surface area contributed by atoms with Gasteiger partial charge in [0.2, 0.25) is 0 Å². The molecule has 2 amide bonds. The standard InChI is InChI=1S/C22H21NO4S/c1-4-8-17-11-16(12-18(26-2)20(17)27-3)13-19-21(24)23(22(25)28-19)14-15-9-6-5-7-10-15/h4-7,9-13H,1,8,14H2,2-3H3. The third-order valence-electron chi connectivity index (χ3n) is 4.30. The molecule has 6 heteroatoms. The number of carbonyl (C=O) groups is 2. The number of hydrogen-bond donors (Lipinski definition) is 0. The molecule has 144 valence electrons. The Labute approximate surface area is 168 Å². The number of benzene rings is 2. The average molecular weight is 395 g/mol. The van der Waals surface area contributed by atoms with Crippen molar-refractivity contribution in [3.05, 3.63) is 76.7 Å². The topological polar surface area (TPSA) is 55.8 Å². The van der Waals surface area contributed by atoms with Gasteiger partial charge in [0.25, 0.3) is 11.1 Å². The van der Waals surface area contributed by atoms with Crippen molar-refractivity contribution in [1.82, 2.24) is 4.90 Å². The molecule has 0 aromatic heterocycles. The lowest BCUT2D eigenvalue weighted by molar-refractivity contribution is -0.123. The monoisotopic (exact) mass is 395 g/mol. The predicted octanol–water partition coefficient (Wildman–Crippen LogP) is 4.67. The number of imide groups is 1. The second-order valence-electron chi connectivity index (χ2n) is 6.16. The van der Waals surface area contributed by atoms with Crippen molar-refractivity contribution < 1.29 is 19.1 Å². The van der Waals surface area contributed by atoms with Gasteiger partial charge < -0.3 is 9.47 Å². The molecule has 28 heavy (non-hydrogen) atoms. The highest BCUT2D eigenvalue weighted by atomic mass is 32.2. The maximum absolute atomic E-state index is 12.8. The first-order valence-electron chi connectivity index (χ1n) is 8.72. The maximum atomic E-state index is 12.8. The number of methoxy groups -OCH3 is 2. The molecule has 1 saturated heterocycles. The number of carbonyl (C=O) groups excluding carboxylic acids is 2. The largest absolute Gasteiger partial charge is 0.493 e. The molecule has 0 radical (unpaired) electrons. The number of allylic oxidation sites excluding steroid dienone is 1. The lowest BCUT2D eigenvalue weighted by atomic mass is 10.0. The summed E-state index contributed by atoms with van der Waals surface area (Å²) in [5.74, 6) is 0.909. The lowest BCUT2D eigenvalue weighted by Crippen LogP contribution is -2.27. The smallest absolute Gasteiger partial charge is 0.293 e. The zero-order valence-corrected chi connectivity index (χ0v) is 16.6. The Morgan fingerprint density at radius 2 is 1.86 bits per heavy atom. The minimum Gasteiger partial charge on any atom is -0.493 e. The molecule has 0 atom stereocenters. The van der Waals surface area contributed by atoms with Crippen molar-refractivity contribution in [3.8, 4) is 11.5 Å². The van der Waals surface area contributed by atoms with Crippen LogP contribution in [0.3, 0.4) is 0 Å². The fourth-order valence-electron chi connectivity index (χ4n) is 3.01. The molecule has 2 aromatic carbocycles. The maximum Gasteiger partial charge on any atom is 0.293 e. The highest BCUT2D eigenvalue weighted by Crippen LogP contribution is 2.37. The van der Waals surface area contributed by atoms with E-state index in [1.807, 2.05) is 36.4 Å². The van der Waals surface area contributed by atoms with Crippen molar-refractivity contribution in [3.63, 3.8) is 0 Å². The van der Waals surface area contributed by atoms with Crippen molar-refractivity contribution in [1.29, 1.82) is 0 Å². The molecule has 0 unspecified atom stereocenters. The predicted molar refractivity (Wildman–Crippen MR) is 111 cm³/mol. The molecule has 0 saturated carbocycles. The number of rotatable bonds is 7. The van der Waals surface area contributed by atoms with Gasteiger partial charge in [-0.05, 0) is 47.5 Å². The van der Waals surface area contributed by atoms with Crippen molar-refractivity contribution >= 4 is 29.0 Å². The number of thioether (sulfide) groups is 1. The third kappa shape index (κ3) is 4.12. The van der Waals surface area contributed by atoms with Crippen LogP contribution in [0.15, 0.2) is 60.0 Å². The fraction of sp³-hybridized carbons (Fsp3) is 0.182. The van der Waals surface area contributed by atoms with Crippen molar-refractivity contribution in [2.45, 2.75) is 13.0 Å². The molecular weight excluding hydrogens is 374 g/mol. The van der Waals surface area contributed by atoms with Crippen LogP contribution < -0.4 is 9.47 Å². The average Bonchev–Trinajstić information content (AvgIpc) is 2.96. The summed E-state index contributed by atoms with van der Waals surface area (Å²) in [6, 6.07) is 13.1. The number of ether oxygens (including phenoxy) is 2. The van der Waals surface area contributed by atoms with Crippen LogP contribution in [-0.2, 0) is 17.8 Å². The minimum atomic E-state index is -0.293. The SMILES string of the molecule is C=CCc1cc(C=C2SC(=O)N(Cc3ccccc3)C2=O)cc(OC)c1OC. The number of hydrogen-bond acceptors (Lipinski definition) is 5. The van der Waals surface area contributed by atoms with Crippen LogP contribution in [0.1, 0.15) is 16.7 Å². The van der Waals surface area contributed by atoms with E-state index in [0.717, 1.165) is 28.5 Å². The Hall–Kier alpha value is -2.99. The van der Waals surface area contributed by atoms with Crippen LogP contribution in [0.4, 0.5) is 4.79 Å². The Bertz CT molecular complexity index is 937. The van der Waals surface area contributed by atoms with Gasteiger partial charge >= 0.3 is 0 Å². The fourth-order valence-corrected chi connectivity index (χ4v) is 3.85. The Kier molecular flexibility index (Phi) is 6.21. The van der Waals surface area contributed by atoms with E-state index >= 15 is 0 Å². The van der Waals surface area contributed by atoms with Crippen molar-refractivity contribution in [2.75, 3.05) is 14.2 Å². The summed E-state index contributed by atoms with van der Waals surface area (Å²) >= 11 is 0.945. The van der Waals surface area contributed by atoms with Crippen LogP contribution in [-0.4, -0.2) is 30.3 Å². The van der Waals surface area contributed by atoms with Crippen LogP contribution in [0, 0.1) is 0 Å². The van der Waals surface area contributed by atoms with Gasteiger partial charge in [-0.1, -0.05) is 36.4 Å². The van der Waals surface area contributed by atoms with Crippen LogP contribution >= 0.6 is 11.8 Å². The molecule has 1 aliphatic heterocycles. The van der Waals surface area contributed by atoms with Gasteiger partial charge in [0.15, 0.2) is 11.5 Å². The Morgan fingerprint density at radius 3 is 2.50 bits per heavy atom.